The van der Waals surface area contributed by atoms with Crippen LogP contribution in [-0.4, -0.2) is 65.7 Å². The van der Waals surface area contributed by atoms with Crippen molar-refractivity contribution >= 4 is 35.8 Å². The lowest BCUT2D eigenvalue weighted by atomic mass is 10.0. The lowest BCUT2D eigenvalue weighted by Gasteiger charge is -2.24. The van der Waals surface area contributed by atoms with Crippen molar-refractivity contribution in [3.05, 3.63) is 0 Å². The second-order valence-corrected chi connectivity index (χ2v) is 10.4. The summed E-state index contributed by atoms with van der Waals surface area (Å²) in [6.45, 7) is 4.00. The monoisotopic (exact) mass is 555 g/mol. The minimum absolute atomic E-state index is 0.122. The van der Waals surface area contributed by atoms with Crippen LogP contribution in [0.5, 0.6) is 0 Å². The highest BCUT2D eigenvalue weighted by molar-refractivity contribution is 5.95. The van der Waals surface area contributed by atoms with Gasteiger partial charge in [-0.15, -0.1) is 0 Å². The number of aldehydes is 1. The van der Waals surface area contributed by atoms with Crippen LogP contribution in [0.3, 0.4) is 0 Å². The van der Waals surface area contributed by atoms with Crippen LogP contribution in [0.25, 0.3) is 0 Å². The fraction of sp³-hybridized carbons (Fsp3) is 0.778. The normalized spacial score (nSPS) is 13.2. The zero-order valence-electron chi connectivity index (χ0n) is 23.5. The maximum atomic E-state index is 12.9. The second kappa shape index (κ2) is 21.9. The van der Waals surface area contributed by atoms with Crippen LogP contribution in [0.1, 0.15) is 104 Å². The lowest BCUT2D eigenvalue weighted by molar-refractivity contribution is -0.134. The van der Waals surface area contributed by atoms with E-state index < -0.39 is 54.1 Å². The highest BCUT2D eigenvalue weighted by Crippen LogP contribution is 2.11. The predicted molar refractivity (Wildman–Crippen MR) is 147 cm³/mol. The molecule has 0 rings (SSSR count). The Hall–Kier alpha value is -3.02. The van der Waals surface area contributed by atoms with Crippen molar-refractivity contribution in [2.75, 3.05) is 6.61 Å². The number of nitrogens with two attached hydrogens (primary N) is 2. The Bertz CT molecular complexity index is 776. The third kappa shape index (κ3) is 19.7. The van der Waals surface area contributed by atoms with E-state index in [2.05, 4.69) is 16.0 Å². The summed E-state index contributed by atoms with van der Waals surface area (Å²) in [6, 6.07) is -3.29. The van der Waals surface area contributed by atoms with E-state index in [1.807, 2.05) is 13.8 Å². The number of carbonyl (C=O) groups is 6. The molecular formula is C27H49N5O7. The molecule has 3 atom stereocenters. The number of hydrogen-bond donors (Lipinski definition) is 6. The van der Waals surface area contributed by atoms with Crippen molar-refractivity contribution in [2.45, 2.75) is 122 Å². The first-order valence-corrected chi connectivity index (χ1v) is 14.0. The highest BCUT2D eigenvalue weighted by Gasteiger charge is 2.29. The molecule has 0 saturated heterocycles. The molecule has 0 aliphatic heterocycles. The van der Waals surface area contributed by atoms with E-state index >= 15 is 0 Å². The molecule has 12 nitrogen and oxygen atoms in total. The van der Waals surface area contributed by atoms with E-state index in [1.165, 1.54) is 0 Å². The molecule has 0 radical (unpaired) electrons. The first-order chi connectivity index (χ1) is 18.5. The zero-order valence-corrected chi connectivity index (χ0v) is 23.5. The van der Waals surface area contributed by atoms with Gasteiger partial charge in [0.25, 0.3) is 0 Å². The molecule has 0 aromatic heterocycles. The Kier molecular flexibility index (Phi) is 20.2. The highest BCUT2D eigenvalue weighted by atomic mass is 16.3. The molecule has 39 heavy (non-hydrogen) atoms. The topological polar surface area (TPSA) is 211 Å². The summed E-state index contributed by atoms with van der Waals surface area (Å²) in [5, 5.41) is 16.3. The SMILES string of the molecule is CC(C)C[C@@H](C=O)NC(=O)[C@H](CCC(N)=O)NC(=O)[C@@H](CC(N)=O)NC(=O)CCCCCCCCCCCO. The van der Waals surface area contributed by atoms with Gasteiger partial charge in [0.2, 0.25) is 29.5 Å². The molecule has 0 bridgehead atoms. The second-order valence-electron chi connectivity index (χ2n) is 10.4. The van der Waals surface area contributed by atoms with Gasteiger partial charge in [-0.25, -0.2) is 0 Å². The molecule has 0 spiro atoms. The largest absolute Gasteiger partial charge is 0.396 e. The van der Waals surface area contributed by atoms with Gasteiger partial charge in [-0.1, -0.05) is 58.8 Å². The number of amides is 5. The number of rotatable bonds is 24. The molecule has 0 unspecified atom stereocenters. The van der Waals surface area contributed by atoms with Crippen LogP contribution < -0.4 is 27.4 Å². The maximum Gasteiger partial charge on any atom is 0.243 e. The minimum Gasteiger partial charge on any atom is -0.396 e. The van der Waals surface area contributed by atoms with E-state index in [0.29, 0.717) is 19.1 Å². The Morgan fingerprint density at radius 3 is 1.74 bits per heavy atom. The van der Waals surface area contributed by atoms with Gasteiger partial charge in [0.1, 0.15) is 18.4 Å². The van der Waals surface area contributed by atoms with E-state index in [4.69, 9.17) is 16.6 Å². The van der Waals surface area contributed by atoms with Gasteiger partial charge in [-0.2, -0.15) is 0 Å². The van der Waals surface area contributed by atoms with Gasteiger partial charge in [0.05, 0.1) is 12.5 Å². The van der Waals surface area contributed by atoms with Gasteiger partial charge in [0.15, 0.2) is 0 Å². The van der Waals surface area contributed by atoms with Gasteiger partial charge < -0.3 is 37.3 Å². The van der Waals surface area contributed by atoms with Crippen molar-refractivity contribution in [3.8, 4) is 0 Å². The molecule has 0 aromatic carbocycles. The Morgan fingerprint density at radius 1 is 0.718 bits per heavy atom. The van der Waals surface area contributed by atoms with E-state index in [1.54, 1.807) is 0 Å². The third-order valence-corrected chi connectivity index (χ3v) is 6.15. The average Bonchev–Trinajstić information content (AvgIpc) is 2.85. The van der Waals surface area contributed by atoms with E-state index in [-0.39, 0.29) is 31.8 Å². The molecule has 8 N–H and O–H groups in total. The number of primary amides is 2. The predicted octanol–water partition coefficient (Wildman–Crippen LogP) is 0.720. The van der Waals surface area contributed by atoms with Gasteiger partial charge in [0, 0.05) is 19.4 Å². The van der Waals surface area contributed by atoms with Crippen LogP contribution >= 0.6 is 0 Å². The minimum atomic E-state index is -1.30. The number of nitrogens with one attached hydrogen (secondary N) is 3. The number of carbonyl (C=O) groups excluding carboxylic acids is 6. The van der Waals surface area contributed by atoms with Crippen molar-refractivity contribution < 1.29 is 33.9 Å². The van der Waals surface area contributed by atoms with E-state index in [9.17, 15) is 28.8 Å². The summed E-state index contributed by atoms with van der Waals surface area (Å²) in [5.74, 6) is -3.28. The summed E-state index contributed by atoms with van der Waals surface area (Å²) in [4.78, 5) is 72.4. The zero-order chi connectivity index (χ0) is 29.6. The smallest absolute Gasteiger partial charge is 0.243 e. The maximum absolute atomic E-state index is 12.9. The first kappa shape index (κ1) is 36.0. The molecule has 0 fully saturated rings. The summed E-state index contributed by atoms with van der Waals surface area (Å²) in [5.41, 5.74) is 10.5. The first-order valence-electron chi connectivity index (χ1n) is 14.0. The Labute approximate surface area is 231 Å². The number of unbranched alkanes of at least 4 members (excludes halogenated alkanes) is 8. The molecule has 224 valence electrons. The third-order valence-electron chi connectivity index (χ3n) is 6.15. The number of hydrogen-bond acceptors (Lipinski definition) is 7. The van der Waals surface area contributed by atoms with Gasteiger partial charge in [-0.3, -0.25) is 24.0 Å². The molecule has 0 aliphatic rings. The number of aliphatic hydroxyl groups is 1. The summed E-state index contributed by atoms with van der Waals surface area (Å²) in [7, 11) is 0. The van der Waals surface area contributed by atoms with Gasteiger partial charge in [-0.05, 0) is 31.6 Å². The molecule has 5 amide bonds. The summed E-state index contributed by atoms with van der Waals surface area (Å²) >= 11 is 0. The quantitative estimate of drug-likeness (QED) is 0.0741. The molecule has 0 aromatic rings. The van der Waals surface area contributed by atoms with Crippen molar-refractivity contribution in [2.24, 2.45) is 17.4 Å². The standard InChI is InChI=1S/C27H49N5O7/c1-19(2)16-20(18-34)30-26(38)21(13-14-23(28)35)32-27(39)22(17-24(29)36)31-25(37)12-10-8-6-4-3-5-7-9-11-15-33/h18-22,33H,3-17H2,1-2H3,(H2,28,35)(H2,29,36)(H,30,38)(H,31,37)(H,32,39)/t20-,21-,22+/m0/s1. The van der Waals surface area contributed by atoms with Gasteiger partial charge >= 0.3 is 0 Å². The summed E-state index contributed by atoms with van der Waals surface area (Å²) in [6.07, 6.45) is 9.06. The van der Waals surface area contributed by atoms with Crippen LogP contribution in [0.2, 0.25) is 0 Å². The molecule has 0 heterocycles. The fourth-order valence-electron chi connectivity index (χ4n) is 4.08. The Balaban J connectivity index is 4.91. The van der Waals surface area contributed by atoms with Crippen molar-refractivity contribution in [1.82, 2.24) is 16.0 Å². The van der Waals surface area contributed by atoms with Crippen LogP contribution in [0, 0.1) is 5.92 Å². The average molecular weight is 556 g/mol. The van der Waals surface area contributed by atoms with Crippen molar-refractivity contribution in [1.29, 1.82) is 0 Å². The molecule has 12 heteroatoms. The summed E-state index contributed by atoms with van der Waals surface area (Å²) < 4.78 is 0. The lowest BCUT2D eigenvalue weighted by Crippen LogP contribution is -2.56. The van der Waals surface area contributed by atoms with Crippen LogP contribution in [0.15, 0.2) is 0 Å². The van der Waals surface area contributed by atoms with Crippen LogP contribution in [0.4, 0.5) is 0 Å². The van der Waals surface area contributed by atoms with E-state index in [0.717, 1.165) is 51.4 Å². The molecule has 0 aliphatic carbocycles. The number of aliphatic hydroxyl groups excluding tert-OH is 1. The fourth-order valence-corrected chi connectivity index (χ4v) is 4.08. The Morgan fingerprint density at radius 2 is 1.26 bits per heavy atom. The van der Waals surface area contributed by atoms with Crippen LogP contribution in [-0.2, 0) is 28.8 Å². The molecular weight excluding hydrogens is 506 g/mol. The van der Waals surface area contributed by atoms with Crippen molar-refractivity contribution in [3.63, 3.8) is 0 Å². The molecule has 0 saturated carbocycles.